The summed E-state index contributed by atoms with van der Waals surface area (Å²) in [4.78, 5) is 2.57. The number of nitrogens with one attached hydrogen (secondary N) is 1. The second-order valence-corrected chi connectivity index (χ2v) is 5.46. The van der Waals surface area contributed by atoms with Crippen LogP contribution in [-0.2, 0) is 6.54 Å². The molecule has 2 nitrogen and oxygen atoms in total. The van der Waals surface area contributed by atoms with E-state index in [4.69, 9.17) is 0 Å². The molecule has 0 atom stereocenters. The zero-order valence-corrected chi connectivity index (χ0v) is 12.9. The Bertz CT molecular complexity index is 308. The monoisotopic (exact) mass is 262 g/mol. The third-order valence-corrected chi connectivity index (χ3v) is 3.51. The molecule has 0 aliphatic rings. The number of benzene rings is 1. The van der Waals surface area contributed by atoms with E-state index >= 15 is 0 Å². The first kappa shape index (κ1) is 16.2. The molecule has 1 aromatic carbocycles. The molecule has 0 heterocycles. The van der Waals surface area contributed by atoms with Gasteiger partial charge in [0.05, 0.1) is 0 Å². The van der Waals surface area contributed by atoms with Crippen LogP contribution in [0.15, 0.2) is 30.3 Å². The second-order valence-electron chi connectivity index (χ2n) is 5.46. The zero-order chi connectivity index (χ0) is 13.9. The molecule has 0 aromatic heterocycles. The molecule has 0 amide bonds. The molecule has 1 N–H and O–H groups in total. The Morgan fingerprint density at radius 2 is 1.79 bits per heavy atom. The fourth-order valence-corrected chi connectivity index (χ4v) is 2.26. The lowest BCUT2D eigenvalue weighted by Gasteiger charge is -2.26. The van der Waals surface area contributed by atoms with Gasteiger partial charge in [0.25, 0.3) is 0 Å². The Morgan fingerprint density at radius 1 is 1.05 bits per heavy atom. The smallest absolute Gasteiger partial charge is 0.0236 e. The van der Waals surface area contributed by atoms with Crippen LogP contribution in [0.1, 0.15) is 45.6 Å². The standard InChI is InChI=1S/C17H30N2/c1-4-18-13-9-6-10-14-19(16(2)3)15-17-11-7-5-8-12-17/h5,7-8,11-12,16,18H,4,6,9-10,13-15H2,1-3H3. The molecule has 108 valence electrons. The number of nitrogens with zero attached hydrogens (tertiary/aromatic N) is 1. The molecule has 0 radical (unpaired) electrons. The minimum Gasteiger partial charge on any atom is -0.317 e. The van der Waals surface area contributed by atoms with Crippen LogP contribution in [0.4, 0.5) is 0 Å². The normalized spacial score (nSPS) is 11.4. The van der Waals surface area contributed by atoms with Gasteiger partial charge < -0.3 is 5.32 Å². The highest BCUT2D eigenvalue weighted by Gasteiger charge is 2.09. The van der Waals surface area contributed by atoms with Crippen molar-refractivity contribution in [3.8, 4) is 0 Å². The molecule has 0 aliphatic heterocycles. The van der Waals surface area contributed by atoms with E-state index in [2.05, 4.69) is 61.3 Å². The van der Waals surface area contributed by atoms with E-state index in [0.717, 1.165) is 19.6 Å². The quantitative estimate of drug-likeness (QED) is 0.647. The summed E-state index contributed by atoms with van der Waals surface area (Å²) in [6.07, 6.45) is 3.92. The van der Waals surface area contributed by atoms with Crippen molar-refractivity contribution < 1.29 is 0 Å². The second kappa shape index (κ2) is 9.99. The molecule has 1 aromatic rings. The first-order chi connectivity index (χ1) is 9.24. The average Bonchev–Trinajstić information content (AvgIpc) is 2.42. The highest BCUT2D eigenvalue weighted by Crippen LogP contribution is 2.10. The topological polar surface area (TPSA) is 15.3 Å². The maximum atomic E-state index is 3.39. The molecular weight excluding hydrogens is 232 g/mol. The third kappa shape index (κ3) is 7.34. The van der Waals surface area contributed by atoms with Crippen molar-refractivity contribution in [1.29, 1.82) is 0 Å². The summed E-state index contributed by atoms with van der Waals surface area (Å²) in [5, 5.41) is 3.39. The summed E-state index contributed by atoms with van der Waals surface area (Å²) < 4.78 is 0. The van der Waals surface area contributed by atoms with E-state index in [9.17, 15) is 0 Å². The van der Waals surface area contributed by atoms with Crippen molar-refractivity contribution in [2.24, 2.45) is 0 Å². The van der Waals surface area contributed by atoms with Crippen LogP contribution < -0.4 is 5.32 Å². The van der Waals surface area contributed by atoms with Gasteiger partial charge in [0.15, 0.2) is 0 Å². The lowest BCUT2D eigenvalue weighted by molar-refractivity contribution is 0.208. The van der Waals surface area contributed by atoms with Crippen molar-refractivity contribution in [2.75, 3.05) is 19.6 Å². The molecule has 0 fully saturated rings. The van der Waals surface area contributed by atoms with Gasteiger partial charge >= 0.3 is 0 Å². The lowest BCUT2D eigenvalue weighted by Crippen LogP contribution is -2.31. The van der Waals surface area contributed by atoms with Crippen LogP contribution in [-0.4, -0.2) is 30.6 Å². The fraction of sp³-hybridized carbons (Fsp3) is 0.647. The van der Waals surface area contributed by atoms with Gasteiger partial charge in [-0.1, -0.05) is 43.7 Å². The van der Waals surface area contributed by atoms with Gasteiger partial charge in [-0.3, -0.25) is 4.90 Å². The molecule has 1 rings (SSSR count). The first-order valence-corrected chi connectivity index (χ1v) is 7.72. The molecule has 0 spiro atoms. The number of rotatable bonds is 10. The predicted molar refractivity (Wildman–Crippen MR) is 84.4 cm³/mol. The average molecular weight is 262 g/mol. The predicted octanol–water partition coefficient (Wildman–Crippen LogP) is 3.68. The summed E-state index contributed by atoms with van der Waals surface area (Å²) in [5.74, 6) is 0. The van der Waals surface area contributed by atoms with Crippen LogP contribution in [0, 0.1) is 0 Å². The molecular formula is C17H30N2. The van der Waals surface area contributed by atoms with E-state index in [1.807, 2.05) is 0 Å². The summed E-state index contributed by atoms with van der Waals surface area (Å²) in [7, 11) is 0. The molecule has 0 aliphatic carbocycles. The Kier molecular flexibility index (Phi) is 8.52. The molecule has 2 heteroatoms. The van der Waals surface area contributed by atoms with Gasteiger partial charge in [-0.15, -0.1) is 0 Å². The SMILES string of the molecule is CCNCCCCCN(Cc1ccccc1)C(C)C. The molecule has 0 saturated carbocycles. The minimum absolute atomic E-state index is 0.619. The van der Waals surface area contributed by atoms with E-state index in [1.165, 1.54) is 31.4 Å². The Morgan fingerprint density at radius 3 is 2.42 bits per heavy atom. The maximum absolute atomic E-state index is 3.39. The van der Waals surface area contributed by atoms with Crippen molar-refractivity contribution in [3.05, 3.63) is 35.9 Å². The Labute approximate surface area is 119 Å². The first-order valence-electron chi connectivity index (χ1n) is 7.72. The molecule has 19 heavy (non-hydrogen) atoms. The van der Waals surface area contributed by atoms with Gasteiger partial charge in [-0.2, -0.15) is 0 Å². The van der Waals surface area contributed by atoms with Gasteiger partial charge in [0.1, 0.15) is 0 Å². The number of hydrogen-bond donors (Lipinski definition) is 1. The van der Waals surface area contributed by atoms with E-state index in [-0.39, 0.29) is 0 Å². The minimum atomic E-state index is 0.619. The van der Waals surface area contributed by atoms with Gasteiger partial charge in [0, 0.05) is 12.6 Å². The summed E-state index contributed by atoms with van der Waals surface area (Å²) >= 11 is 0. The fourth-order valence-electron chi connectivity index (χ4n) is 2.26. The highest BCUT2D eigenvalue weighted by atomic mass is 15.1. The van der Waals surface area contributed by atoms with Crippen molar-refractivity contribution in [3.63, 3.8) is 0 Å². The van der Waals surface area contributed by atoms with Gasteiger partial charge in [0.2, 0.25) is 0 Å². The van der Waals surface area contributed by atoms with Crippen LogP contribution in [0.5, 0.6) is 0 Å². The third-order valence-electron chi connectivity index (χ3n) is 3.51. The molecule has 0 unspecified atom stereocenters. The maximum Gasteiger partial charge on any atom is 0.0236 e. The number of unbranched alkanes of at least 4 members (excludes halogenated alkanes) is 2. The molecule has 0 saturated heterocycles. The van der Waals surface area contributed by atoms with Crippen molar-refractivity contribution >= 4 is 0 Å². The van der Waals surface area contributed by atoms with Gasteiger partial charge in [-0.25, -0.2) is 0 Å². The summed E-state index contributed by atoms with van der Waals surface area (Å²) in [5.41, 5.74) is 1.42. The summed E-state index contributed by atoms with van der Waals surface area (Å²) in [6.45, 7) is 11.3. The van der Waals surface area contributed by atoms with Crippen molar-refractivity contribution in [1.82, 2.24) is 10.2 Å². The largest absolute Gasteiger partial charge is 0.317 e. The van der Waals surface area contributed by atoms with Crippen LogP contribution in [0.25, 0.3) is 0 Å². The Hall–Kier alpha value is -0.860. The van der Waals surface area contributed by atoms with E-state index in [0.29, 0.717) is 6.04 Å². The van der Waals surface area contributed by atoms with Crippen LogP contribution in [0.2, 0.25) is 0 Å². The zero-order valence-electron chi connectivity index (χ0n) is 12.9. The lowest BCUT2D eigenvalue weighted by atomic mass is 10.1. The van der Waals surface area contributed by atoms with Crippen LogP contribution in [0.3, 0.4) is 0 Å². The Balaban J connectivity index is 2.25. The number of hydrogen-bond acceptors (Lipinski definition) is 2. The van der Waals surface area contributed by atoms with Gasteiger partial charge in [-0.05, 0) is 51.9 Å². The van der Waals surface area contributed by atoms with E-state index in [1.54, 1.807) is 0 Å². The van der Waals surface area contributed by atoms with Crippen LogP contribution >= 0.6 is 0 Å². The van der Waals surface area contributed by atoms with E-state index < -0.39 is 0 Å². The summed E-state index contributed by atoms with van der Waals surface area (Å²) in [6, 6.07) is 11.4. The van der Waals surface area contributed by atoms with Crippen molar-refractivity contribution in [2.45, 2.75) is 52.6 Å². The highest BCUT2D eigenvalue weighted by molar-refractivity contribution is 5.14. The molecule has 0 bridgehead atoms.